The molecule has 2 amide bonds. The van der Waals surface area contributed by atoms with Gasteiger partial charge in [-0.3, -0.25) is 0 Å². The number of urea groups is 1. The highest BCUT2D eigenvalue weighted by molar-refractivity contribution is 5.91. The van der Waals surface area contributed by atoms with Gasteiger partial charge in [-0.15, -0.1) is 0 Å². The number of nitrogens with one attached hydrogen (secondary N) is 2. The smallest absolute Gasteiger partial charge is 0.319 e. The predicted molar refractivity (Wildman–Crippen MR) is 91.7 cm³/mol. The first-order chi connectivity index (χ1) is 11.7. The van der Waals surface area contributed by atoms with Gasteiger partial charge in [-0.1, -0.05) is 25.3 Å². The normalized spacial score (nSPS) is 18.7. The highest BCUT2D eigenvalue weighted by Crippen LogP contribution is 2.39. The Morgan fingerprint density at radius 1 is 1.17 bits per heavy atom. The van der Waals surface area contributed by atoms with Crippen LogP contribution in [0.25, 0.3) is 0 Å². The fraction of sp³-hybridized carbons (Fsp3) is 0.611. The highest BCUT2D eigenvalue weighted by atomic mass is 16.6. The number of hydrogen-bond donors (Lipinski definition) is 3. The van der Waals surface area contributed by atoms with Gasteiger partial charge in [0.2, 0.25) is 0 Å². The van der Waals surface area contributed by atoms with Crippen LogP contribution in [-0.2, 0) is 0 Å². The fourth-order valence-corrected chi connectivity index (χ4v) is 3.66. The van der Waals surface area contributed by atoms with Crippen molar-refractivity contribution in [1.82, 2.24) is 5.32 Å². The summed E-state index contributed by atoms with van der Waals surface area (Å²) in [7, 11) is 0. The first kappa shape index (κ1) is 16.9. The van der Waals surface area contributed by atoms with Crippen molar-refractivity contribution in [2.24, 2.45) is 5.41 Å². The third-order valence-electron chi connectivity index (χ3n) is 4.99. The van der Waals surface area contributed by atoms with Crippen molar-refractivity contribution in [3.63, 3.8) is 0 Å². The number of fused-ring (bicyclic) bond motifs is 1. The number of anilines is 1. The molecular formula is C18H26N2O4. The van der Waals surface area contributed by atoms with Gasteiger partial charge in [-0.05, 0) is 36.8 Å². The molecule has 0 radical (unpaired) electrons. The van der Waals surface area contributed by atoms with Crippen LogP contribution in [-0.4, -0.2) is 37.5 Å². The lowest BCUT2D eigenvalue weighted by Gasteiger charge is -2.37. The van der Waals surface area contributed by atoms with Gasteiger partial charge >= 0.3 is 6.03 Å². The minimum absolute atomic E-state index is 0.0278. The minimum atomic E-state index is -0.250. The van der Waals surface area contributed by atoms with Crippen molar-refractivity contribution in [3.05, 3.63) is 18.2 Å². The molecule has 1 saturated carbocycles. The molecule has 0 unspecified atom stereocenters. The van der Waals surface area contributed by atoms with Crippen LogP contribution >= 0.6 is 0 Å². The maximum atomic E-state index is 12.3. The standard InChI is InChI=1S/C18H26N2O4/c21-10-9-18(7-2-1-3-8-18)13-19-17(22)20-14-5-4-6-15-16(14)24-12-11-23-15/h4-6,21H,1-3,7-13H2,(H2,19,20,22). The summed E-state index contributed by atoms with van der Waals surface area (Å²) in [5.74, 6) is 1.24. The average molecular weight is 334 g/mol. The van der Waals surface area contributed by atoms with E-state index in [2.05, 4.69) is 10.6 Å². The summed E-state index contributed by atoms with van der Waals surface area (Å²) in [4.78, 5) is 12.3. The second-order valence-electron chi connectivity index (χ2n) is 6.67. The number of carbonyl (C=O) groups excluding carboxylic acids is 1. The summed E-state index contributed by atoms with van der Waals surface area (Å²) < 4.78 is 11.1. The molecular weight excluding hydrogens is 308 g/mol. The molecule has 6 heteroatoms. The number of hydrogen-bond acceptors (Lipinski definition) is 4. The van der Waals surface area contributed by atoms with Gasteiger partial charge in [0.05, 0.1) is 5.69 Å². The second kappa shape index (κ2) is 7.75. The Hall–Kier alpha value is -1.95. The Bertz CT molecular complexity index is 565. The highest BCUT2D eigenvalue weighted by Gasteiger charge is 2.32. The zero-order valence-corrected chi connectivity index (χ0v) is 14.0. The van der Waals surface area contributed by atoms with Gasteiger partial charge in [0.15, 0.2) is 11.5 Å². The van der Waals surface area contributed by atoms with E-state index in [4.69, 9.17) is 9.47 Å². The van der Waals surface area contributed by atoms with Gasteiger partial charge in [0.1, 0.15) is 13.2 Å². The SMILES string of the molecule is O=C(NCC1(CCO)CCCCC1)Nc1cccc2c1OCCO2. The maximum absolute atomic E-state index is 12.3. The molecule has 24 heavy (non-hydrogen) atoms. The van der Waals surface area contributed by atoms with Crippen LogP contribution in [0.4, 0.5) is 10.5 Å². The summed E-state index contributed by atoms with van der Waals surface area (Å²) in [5.41, 5.74) is 0.643. The number of rotatable bonds is 5. The summed E-state index contributed by atoms with van der Waals surface area (Å²) in [6.45, 7) is 1.76. The Balaban J connectivity index is 1.59. The van der Waals surface area contributed by atoms with Gasteiger partial charge in [0, 0.05) is 13.2 Å². The van der Waals surface area contributed by atoms with Crippen molar-refractivity contribution < 1.29 is 19.4 Å². The van der Waals surface area contributed by atoms with E-state index in [0.717, 1.165) is 19.3 Å². The van der Waals surface area contributed by atoms with Crippen LogP contribution in [0.15, 0.2) is 18.2 Å². The topological polar surface area (TPSA) is 79.8 Å². The molecule has 6 nitrogen and oxygen atoms in total. The molecule has 1 fully saturated rings. The quantitative estimate of drug-likeness (QED) is 0.773. The molecule has 2 aliphatic rings. The molecule has 3 N–H and O–H groups in total. The summed E-state index contributed by atoms with van der Waals surface area (Å²) >= 11 is 0. The monoisotopic (exact) mass is 334 g/mol. The van der Waals surface area contributed by atoms with Crippen LogP contribution in [0.2, 0.25) is 0 Å². The van der Waals surface area contributed by atoms with E-state index in [1.54, 1.807) is 6.07 Å². The zero-order valence-electron chi connectivity index (χ0n) is 14.0. The molecule has 0 saturated heterocycles. The first-order valence-electron chi connectivity index (χ1n) is 8.77. The summed E-state index contributed by atoms with van der Waals surface area (Å²) in [6.07, 6.45) is 6.44. The van der Waals surface area contributed by atoms with Gasteiger partial charge in [0.25, 0.3) is 0 Å². The van der Waals surface area contributed by atoms with Crippen LogP contribution in [0.3, 0.4) is 0 Å². The van der Waals surface area contributed by atoms with Crippen molar-refractivity contribution in [1.29, 1.82) is 0 Å². The Kier molecular flexibility index (Phi) is 5.45. The van der Waals surface area contributed by atoms with Crippen LogP contribution in [0.1, 0.15) is 38.5 Å². The molecule has 1 heterocycles. The molecule has 0 spiro atoms. The molecule has 1 aliphatic heterocycles. The van der Waals surface area contributed by atoms with E-state index in [1.807, 2.05) is 12.1 Å². The van der Waals surface area contributed by atoms with E-state index < -0.39 is 0 Å². The van der Waals surface area contributed by atoms with E-state index in [1.165, 1.54) is 19.3 Å². The molecule has 0 bridgehead atoms. The van der Waals surface area contributed by atoms with Gasteiger partial charge in [-0.2, -0.15) is 0 Å². The molecule has 1 aromatic rings. The van der Waals surface area contributed by atoms with Crippen molar-refractivity contribution >= 4 is 11.7 Å². The number of amides is 2. The summed E-state index contributed by atoms with van der Waals surface area (Å²) in [5, 5.41) is 15.2. The third kappa shape index (κ3) is 3.93. The molecule has 3 rings (SSSR count). The maximum Gasteiger partial charge on any atom is 0.319 e. The molecule has 132 valence electrons. The lowest BCUT2D eigenvalue weighted by molar-refractivity contribution is 0.128. The number of para-hydroxylation sites is 1. The van der Waals surface area contributed by atoms with Gasteiger partial charge in [-0.25, -0.2) is 4.79 Å². The fourth-order valence-electron chi connectivity index (χ4n) is 3.66. The van der Waals surface area contributed by atoms with Crippen molar-refractivity contribution in [3.8, 4) is 11.5 Å². The molecule has 1 aliphatic carbocycles. The number of carbonyl (C=O) groups is 1. The average Bonchev–Trinajstić information content (AvgIpc) is 2.62. The van der Waals surface area contributed by atoms with E-state index >= 15 is 0 Å². The molecule has 0 atom stereocenters. The molecule has 0 aromatic heterocycles. The lowest BCUT2D eigenvalue weighted by atomic mass is 9.72. The largest absolute Gasteiger partial charge is 0.486 e. The lowest BCUT2D eigenvalue weighted by Crippen LogP contribution is -2.41. The van der Waals surface area contributed by atoms with Crippen LogP contribution in [0.5, 0.6) is 11.5 Å². The Labute approximate surface area is 142 Å². The molecule has 1 aromatic carbocycles. The Morgan fingerprint density at radius 3 is 2.75 bits per heavy atom. The Morgan fingerprint density at radius 2 is 1.96 bits per heavy atom. The van der Waals surface area contributed by atoms with Crippen molar-refractivity contribution in [2.75, 3.05) is 31.7 Å². The zero-order chi connectivity index (χ0) is 16.8. The van der Waals surface area contributed by atoms with Crippen LogP contribution < -0.4 is 20.1 Å². The second-order valence-corrected chi connectivity index (χ2v) is 6.67. The van der Waals surface area contributed by atoms with E-state index in [-0.39, 0.29) is 18.1 Å². The number of benzene rings is 1. The van der Waals surface area contributed by atoms with Crippen molar-refractivity contribution in [2.45, 2.75) is 38.5 Å². The third-order valence-corrected chi connectivity index (χ3v) is 4.99. The van der Waals surface area contributed by atoms with Crippen LogP contribution in [0, 0.1) is 5.41 Å². The number of ether oxygens (including phenoxy) is 2. The summed E-state index contributed by atoms with van der Waals surface area (Å²) in [6, 6.07) is 5.21. The first-order valence-corrected chi connectivity index (χ1v) is 8.77. The van der Waals surface area contributed by atoms with E-state index in [0.29, 0.717) is 36.9 Å². The van der Waals surface area contributed by atoms with Gasteiger partial charge < -0.3 is 25.2 Å². The minimum Gasteiger partial charge on any atom is -0.486 e. The number of aliphatic hydroxyl groups excluding tert-OH is 1. The predicted octanol–water partition coefficient (Wildman–Crippen LogP) is 2.91. The van der Waals surface area contributed by atoms with E-state index in [9.17, 15) is 9.90 Å². The number of aliphatic hydroxyl groups is 1.